The fourth-order valence-corrected chi connectivity index (χ4v) is 11.9. The molecule has 0 heterocycles. The van der Waals surface area contributed by atoms with Crippen molar-refractivity contribution < 1.29 is 32.2 Å². The monoisotopic (exact) mass is 1110 g/mol. The average Bonchev–Trinajstić information content (AvgIpc) is 3.16. The zero-order chi connectivity index (χ0) is 41.0. The minimum Gasteiger partial charge on any atom is -0.391 e. The van der Waals surface area contributed by atoms with E-state index in [1.165, 1.54) is 47.9 Å². The Morgan fingerprint density at radius 1 is 0.804 bits per heavy atom. The summed E-state index contributed by atoms with van der Waals surface area (Å²) in [5.74, 6) is 2.17. The molecule has 0 aliphatic heterocycles. The molecular formula is C46H53Br2Cl2NO3SiW-2. The van der Waals surface area contributed by atoms with Gasteiger partial charge in [-0.3, -0.25) is 0 Å². The third-order valence-corrected chi connectivity index (χ3v) is 18.8. The first-order valence-corrected chi connectivity index (χ1v) is 27.2. The predicted octanol–water partition coefficient (Wildman–Crippen LogP) is 15.2. The molecule has 0 atom stereocenters. The molecule has 56 heavy (non-hydrogen) atoms. The molecule has 0 fully saturated rings. The van der Waals surface area contributed by atoms with Crippen molar-refractivity contribution in [2.45, 2.75) is 104 Å². The number of phenols is 1. The molecule has 0 radical (unpaired) electrons. The molecule has 0 aromatic heterocycles. The van der Waals surface area contributed by atoms with Gasteiger partial charge in [0.25, 0.3) is 8.32 Å². The van der Waals surface area contributed by atoms with Crippen molar-refractivity contribution in [2.24, 2.45) is 3.50 Å². The first-order chi connectivity index (χ1) is 26.6. The van der Waals surface area contributed by atoms with Gasteiger partial charge in [-0.25, -0.2) is 0 Å². The van der Waals surface area contributed by atoms with E-state index in [2.05, 4.69) is 97.9 Å². The van der Waals surface area contributed by atoms with E-state index in [0.29, 0.717) is 21.5 Å². The first-order valence-electron chi connectivity index (χ1n) is 19.0. The molecule has 300 valence electrons. The molecule has 0 amide bonds. The Hall–Kier alpha value is -2.12. The van der Waals surface area contributed by atoms with Gasteiger partial charge in [-0.15, -0.1) is 13.8 Å². The number of allylic oxidation sites excluding steroid dienone is 4. The normalized spacial score (nSPS) is 13.8. The Morgan fingerprint density at radius 3 is 1.89 bits per heavy atom. The maximum absolute atomic E-state index is 11.4. The van der Waals surface area contributed by atoms with Crippen LogP contribution in [0.15, 0.2) is 79.2 Å². The summed E-state index contributed by atoms with van der Waals surface area (Å²) in [5, 5.41) is 12.7. The molecule has 1 N–H and O–H groups in total. The number of ether oxygens (including phenoxy) is 1. The van der Waals surface area contributed by atoms with Crippen molar-refractivity contribution in [3.8, 4) is 28.4 Å². The van der Waals surface area contributed by atoms with E-state index in [9.17, 15) is 5.11 Å². The quantitative estimate of drug-likeness (QED) is 0.114. The second-order valence-corrected chi connectivity index (χ2v) is 24.7. The molecule has 0 bridgehead atoms. The number of para-hydroxylation sites is 1. The molecule has 0 saturated heterocycles. The van der Waals surface area contributed by atoms with Crippen molar-refractivity contribution in [1.29, 1.82) is 0 Å². The van der Waals surface area contributed by atoms with Gasteiger partial charge in [0.15, 0.2) is 0 Å². The third-order valence-electron chi connectivity index (χ3n) is 10.4. The number of halogens is 4. The van der Waals surface area contributed by atoms with E-state index >= 15 is 0 Å². The van der Waals surface area contributed by atoms with Crippen LogP contribution in [0.1, 0.15) is 88.1 Å². The standard InChI is InChI=1S/C26H34Br2O2Si.C8H8O.C6H3Cl2N.C6H8.W/c1-26(2,3)31(4,5)30-25-21(28)15-17-11-7-9-13-19(17)23(25)22-18-12-8-6-10-16(18)14-20(27)24(22)29;1-7-5-3-4-6-8(7)9-2;7-4-2-1-3-5(8)6(4)9;1-3-5-6-4-2;/h14-15,29H,6-13H2,1-5H3;1,3-6H,2H3;1-3H;5-6H,1-2H3;/q;;;-2;. The summed E-state index contributed by atoms with van der Waals surface area (Å²) in [6.07, 6.45) is 18.3. The number of methoxy groups -OCH3 is 1. The zero-order valence-electron chi connectivity index (χ0n) is 33.7. The van der Waals surface area contributed by atoms with Crippen LogP contribution >= 0.6 is 55.1 Å². The summed E-state index contributed by atoms with van der Waals surface area (Å²) in [5.41, 5.74) is 9.39. The number of hydrogen-bond donors (Lipinski definition) is 1. The molecule has 2 aliphatic carbocycles. The van der Waals surface area contributed by atoms with Crippen LogP contribution in [0.3, 0.4) is 0 Å². The van der Waals surface area contributed by atoms with E-state index in [1.54, 1.807) is 19.2 Å². The summed E-state index contributed by atoms with van der Waals surface area (Å²) in [4.78, 5) is 0. The zero-order valence-corrected chi connectivity index (χ0v) is 42.3. The Kier molecular flexibility index (Phi) is 18.1. The van der Waals surface area contributed by atoms with Crippen LogP contribution in [0.25, 0.3) is 11.1 Å². The smallest absolute Gasteiger partial charge is 0.139 e. The van der Waals surface area contributed by atoms with E-state index in [1.807, 2.05) is 56.3 Å². The molecule has 0 spiro atoms. The number of rotatable bonds is 7. The molecule has 6 rings (SSSR count). The number of fused-ring (bicyclic) bond motifs is 2. The van der Waals surface area contributed by atoms with Gasteiger partial charge in [0.2, 0.25) is 0 Å². The second-order valence-electron chi connectivity index (χ2n) is 15.2. The van der Waals surface area contributed by atoms with Crippen LogP contribution < -0.4 is 9.16 Å². The Bertz CT molecular complexity index is 2090. The van der Waals surface area contributed by atoms with Gasteiger partial charge in [-0.1, -0.05) is 20.8 Å². The largest absolute Gasteiger partial charge is 0.391 e. The molecular weight excluding hydrogens is 1060 g/mol. The third kappa shape index (κ3) is 12.0. The van der Waals surface area contributed by atoms with Crippen molar-refractivity contribution in [3.63, 3.8) is 0 Å². The number of phenolic OH excluding ortho intramolecular Hbond substituents is 1. The summed E-state index contributed by atoms with van der Waals surface area (Å²) in [7, 11) is -0.410. The number of aromatic hydroxyl groups is 1. The van der Waals surface area contributed by atoms with Crippen molar-refractivity contribution in [1.82, 2.24) is 0 Å². The van der Waals surface area contributed by atoms with Gasteiger partial charge in [0, 0.05) is 11.1 Å². The molecule has 10 heteroatoms. The molecule has 0 unspecified atom stereocenters. The second kappa shape index (κ2) is 21.8. The van der Waals surface area contributed by atoms with Crippen molar-refractivity contribution >= 4 is 73.5 Å². The molecule has 4 aromatic carbocycles. The summed E-state index contributed by atoms with van der Waals surface area (Å²) < 4.78 is 20.8. The summed E-state index contributed by atoms with van der Waals surface area (Å²) in [6.45, 7) is 15.2. The molecule has 2 aliphatic rings. The van der Waals surface area contributed by atoms with Crippen LogP contribution in [0.2, 0.25) is 28.2 Å². The summed E-state index contributed by atoms with van der Waals surface area (Å²) in [6, 6.07) is 17.7. The van der Waals surface area contributed by atoms with E-state index in [4.69, 9.17) is 32.4 Å². The maximum Gasteiger partial charge on any atom is -0.139 e. The molecule has 4 aromatic rings. The summed E-state index contributed by atoms with van der Waals surface area (Å²) >= 11 is 18.6. The maximum atomic E-state index is 11.4. The first kappa shape index (κ1) is 46.6. The minimum atomic E-state index is -2.08. The number of aryl methyl sites for hydroxylation is 2. The topological polar surface area (TPSA) is 51.0 Å². The average molecular weight is 1110 g/mol. The van der Waals surface area contributed by atoms with E-state index in [0.717, 1.165) is 62.8 Å². The molecule has 0 saturated carbocycles. The SMILES string of the molecule is CC(C)(C)[Si](C)(C)Oc1c(Br)cc2c(c1-c1c(O)c(Br)cc3c1CCCC3)CCCC2.COc1ccccc1[CH]=[W]=[N]c1c(Cl)cccc1Cl.C[C-]=CC=[C-]C. The van der Waals surface area contributed by atoms with E-state index < -0.39 is 26.2 Å². The van der Waals surface area contributed by atoms with Gasteiger partial charge in [0.1, 0.15) is 11.5 Å². The number of hydrogen-bond acceptors (Lipinski definition) is 4. The van der Waals surface area contributed by atoms with E-state index in [-0.39, 0.29) is 5.04 Å². The number of nitrogens with zero attached hydrogens (tertiary/aromatic N) is 1. The Labute approximate surface area is 371 Å². The van der Waals surface area contributed by atoms with Crippen LogP contribution in [0.4, 0.5) is 5.69 Å². The Balaban J connectivity index is 0.000000236. The van der Waals surface area contributed by atoms with Crippen LogP contribution in [-0.4, -0.2) is 24.9 Å². The van der Waals surface area contributed by atoms with Crippen LogP contribution in [0.5, 0.6) is 17.2 Å². The van der Waals surface area contributed by atoms with Gasteiger partial charge in [0.05, 0.1) is 8.95 Å². The number of benzene rings is 4. The fraction of sp³-hybridized carbons (Fsp3) is 0.370. The van der Waals surface area contributed by atoms with Gasteiger partial charge in [-0.05, 0) is 136 Å². The van der Waals surface area contributed by atoms with Crippen LogP contribution in [0, 0.1) is 12.2 Å². The van der Waals surface area contributed by atoms with Crippen molar-refractivity contribution in [2.75, 3.05) is 7.11 Å². The van der Waals surface area contributed by atoms with Gasteiger partial charge in [-0.2, -0.15) is 0 Å². The Morgan fingerprint density at radius 2 is 1.34 bits per heavy atom. The van der Waals surface area contributed by atoms with Crippen molar-refractivity contribution in [3.05, 3.63) is 126 Å². The van der Waals surface area contributed by atoms with Gasteiger partial charge < -0.3 is 33.8 Å². The fourth-order valence-electron chi connectivity index (χ4n) is 6.39. The predicted molar refractivity (Wildman–Crippen MR) is 244 cm³/mol. The van der Waals surface area contributed by atoms with Gasteiger partial charge >= 0.3 is 130 Å². The van der Waals surface area contributed by atoms with Crippen LogP contribution in [-0.2, 0) is 43.6 Å². The minimum absolute atomic E-state index is 0.0956. The molecule has 4 nitrogen and oxygen atoms in total.